The molecule has 0 amide bonds. The number of ether oxygens (including phenoxy) is 1. The second kappa shape index (κ2) is 6.14. The molecule has 1 heterocycles. The molecular formula is C10H18N4O2. The lowest BCUT2D eigenvalue weighted by molar-refractivity contribution is 0.302. The van der Waals surface area contributed by atoms with E-state index in [0.717, 1.165) is 0 Å². The average molecular weight is 226 g/mol. The number of methoxy groups -OCH3 is 1. The molecule has 0 aromatic carbocycles. The summed E-state index contributed by atoms with van der Waals surface area (Å²) in [5.41, 5.74) is 11.9. The van der Waals surface area contributed by atoms with E-state index in [2.05, 4.69) is 4.98 Å². The van der Waals surface area contributed by atoms with Crippen LogP contribution in [0.5, 0.6) is 5.75 Å². The Hall–Kier alpha value is -1.53. The van der Waals surface area contributed by atoms with Gasteiger partial charge >= 0.3 is 0 Å². The molecule has 1 rings (SSSR count). The zero-order valence-electron chi connectivity index (χ0n) is 9.39. The van der Waals surface area contributed by atoms with E-state index in [0.29, 0.717) is 36.9 Å². The van der Waals surface area contributed by atoms with Gasteiger partial charge in [-0.1, -0.05) is 0 Å². The van der Waals surface area contributed by atoms with E-state index in [9.17, 15) is 0 Å². The first-order valence-electron chi connectivity index (χ1n) is 5.09. The first-order valence-corrected chi connectivity index (χ1v) is 5.09. The number of pyridine rings is 1. The molecule has 6 heteroatoms. The number of nitrogens with two attached hydrogens (primary N) is 2. The molecule has 0 saturated carbocycles. The van der Waals surface area contributed by atoms with Gasteiger partial charge in [0.25, 0.3) is 0 Å². The summed E-state index contributed by atoms with van der Waals surface area (Å²) in [5.74, 6) is 1.17. The summed E-state index contributed by atoms with van der Waals surface area (Å²) in [6, 6.07) is 1.69. The first kappa shape index (κ1) is 12.5. The van der Waals surface area contributed by atoms with Crippen molar-refractivity contribution in [3.8, 4) is 5.75 Å². The van der Waals surface area contributed by atoms with Crippen LogP contribution in [-0.2, 0) is 0 Å². The SMILES string of the molecule is COc1ccnc(N(CCN)CCO)c1N. The van der Waals surface area contributed by atoms with Gasteiger partial charge in [-0.15, -0.1) is 0 Å². The maximum Gasteiger partial charge on any atom is 0.155 e. The van der Waals surface area contributed by atoms with Crippen molar-refractivity contribution in [3.05, 3.63) is 12.3 Å². The highest BCUT2D eigenvalue weighted by Crippen LogP contribution is 2.29. The maximum atomic E-state index is 8.96. The Morgan fingerprint density at radius 1 is 1.50 bits per heavy atom. The highest BCUT2D eigenvalue weighted by atomic mass is 16.5. The molecule has 5 N–H and O–H groups in total. The van der Waals surface area contributed by atoms with Crippen LogP contribution in [0.25, 0.3) is 0 Å². The summed E-state index contributed by atoms with van der Waals surface area (Å²) in [7, 11) is 1.55. The summed E-state index contributed by atoms with van der Waals surface area (Å²) in [5, 5.41) is 8.96. The molecule has 0 unspecified atom stereocenters. The quantitative estimate of drug-likeness (QED) is 0.601. The average Bonchev–Trinajstić information content (AvgIpc) is 2.29. The molecule has 90 valence electrons. The van der Waals surface area contributed by atoms with E-state index in [1.165, 1.54) is 0 Å². The van der Waals surface area contributed by atoms with Gasteiger partial charge in [0.2, 0.25) is 0 Å². The van der Waals surface area contributed by atoms with E-state index in [1.807, 2.05) is 4.90 Å². The van der Waals surface area contributed by atoms with Crippen molar-refractivity contribution in [2.45, 2.75) is 0 Å². The van der Waals surface area contributed by atoms with Crippen molar-refractivity contribution in [3.63, 3.8) is 0 Å². The lowest BCUT2D eigenvalue weighted by atomic mass is 10.3. The molecule has 0 aliphatic heterocycles. The first-order chi connectivity index (χ1) is 7.74. The lowest BCUT2D eigenvalue weighted by Gasteiger charge is -2.23. The molecule has 0 radical (unpaired) electrons. The van der Waals surface area contributed by atoms with Crippen molar-refractivity contribution < 1.29 is 9.84 Å². The Labute approximate surface area is 94.8 Å². The van der Waals surface area contributed by atoms with Gasteiger partial charge in [-0.25, -0.2) is 4.98 Å². The zero-order valence-corrected chi connectivity index (χ0v) is 9.39. The Bertz CT molecular complexity index is 327. The standard InChI is InChI=1S/C10H18N4O2/c1-16-8-2-4-13-10(9(8)12)14(5-3-11)6-7-15/h2,4,15H,3,5-7,11-12H2,1H3. The van der Waals surface area contributed by atoms with Crippen molar-refractivity contribution >= 4 is 11.5 Å². The van der Waals surface area contributed by atoms with E-state index >= 15 is 0 Å². The normalized spacial score (nSPS) is 10.2. The summed E-state index contributed by atoms with van der Waals surface area (Å²) >= 11 is 0. The molecule has 0 spiro atoms. The topological polar surface area (TPSA) is 97.6 Å². The number of aliphatic hydroxyl groups excluding tert-OH is 1. The van der Waals surface area contributed by atoms with Crippen molar-refractivity contribution in [1.82, 2.24) is 4.98 Å². The molecule has 0 aliphatic carbocycles. The summed E-state index contributed by atoms with van der Waals surface area (Å²) in [4.78, 5) is 6.01. The van der Waals surface area contributed by atoms with Gasteiger partial charge in [0.1, 0.15) is 11.4 Å². The third-order valence-electron chi connectivity index (χ3n) is 2.22. The Kier molecular flexibility index (Phi) is 4.81. The molecule has 16 heavy (non-hydrogen) atoms. The molecular weight excluding hydrogens is 208 g/mol. The maximum absolute atomic E-state index is 8.96. The number of aliphatic hydroxyl groups is 1. The van der Waals surface area contributed by atoms with E-state index in [4.69, 9.17) is 21.3 Å². The monoisotopic (exact) mass is 226 g/mol. The van der Waals surface area contributed by atoms with Crippen LogP contribution >= 0.6 is 0 Å². The number of anilines is 2. The zero-order chi connectivity index (χ0) is 12.0. The molecule has 6 nitrogen and oxygen atoms in total. The van der Waals surface area contributed by atoms with Gasteiger partial charge in [-0.2, -0.15) is 0 Å². The highest BCUT2D eigenvalue weighted by Gasteiger charge is 2.13. The second-order valence-corrected chi connectivity index (χ2v) is 3.25. The molecule has 0 atom stereocenters. The summed E-state index contributed by atoms with van der Waals surface area (Å²) < 4.78 is 5.11. The molecule has 0 fully saturated rings. The number of nitrogen functional groups attached to an aromatic ring is 1. The largest absolute Gasteiger partial charge is 0.494 e. The Balaban J connectivity index is 2.98. The van der Waals surface area contributed by atoms with E-state index < -0.39 is 0 Å². The summed E-state index contributed by atoms with van der Waals surface area (Å²) in [6.45, 7) is 1.53. The van der Waals surface area contributed by atoms with Crippen LogP contribution < -0.4 is 21.1 Å². The van der Waals surface area contributed by atoms with Crippen molar-refractivity contribution in [1.29, 1.82) is 0 Å². The molecule has 1 aromatic rings. The van der Waals surface area contributed by atoms with Crippen LogP contribution in [0, 0.1) is 0 Å². The van der Waals surface area contributed by atoms with Gasteiger partial charge in [0.15, 0.2) is 5.82 Å². The van der Waals surface area contributed by atoms with Crippen LogP contribution in [0.2, 0.25) is 0 Å². The smallest absolute Gasteiger partial charge is 0.155 e. The van der Waals surface area contributed by atoms with Gasteiger partial charge in [0, 0.05) is 31.9 Å². The van der Waals surface area contributed by atoms with Crippen LogP contribution in [0.3, 0.4) is 0 Å². The fourth-order valence-electron chi connectivity index (χ4n) is 1.48. The number of hydrogen-bond acceptors (Lipinski definition) is 6. The van der Waals surface area contributed by atoms with Crippen LogP contribution in [-0.4, -0.2) is 43.4 Å². The molecule has 0 bridgehead atoms. The molecule has 0 aliphatic rings. The lowest BCUT2D eigenvalue weighted by Crippen LogP contribution is -2.33. The minimum atomic E-state index is 0.0261. The van der Waals surface area contributed by atoms with E-state index in [-0.39, 0.29) is 6.61 Å². The Morgan fingerprint density at radius 3 is 2.81 bits per heavy atom. The predicted molar refractivity (Wildman–Crippen MR) is 63.6 cm³/mol. The number of hydrogen-bond donors (Lipinski definition) is 3. The third-order valence-corrected chi connectivity index (χ3v) is 2.22. The minimum Gasteiger partial charge on any atom is -0.494 e. The van der Waals surface area contributed by atoms with Gasteiger partial charge in [-0.3, -0.25) is 0 Å². The number of aromatic nitrogens is 1. The Morgan fingerprint density at radius 2 is 2.25 bits per heavy atom. The van der Waals surface area contributed by atoms with E-state index in [1.54, 1.807) is 19.4 Å². The summed E-state index contributed by atoms with van der Waals surface area (Å²) in [6.07, 6.45) is 1.62. The number of rotatable bonds is 6. The fourth-order valence-corrected chi connectivity index (χ4v) is 1.48. The molecule has 1 aromatic heterocycles. The van der Waals surface area contributed by atoms with Gasteiger partial charge < -0.3 is 26.2 Å². The highest BCUT2D eigenvalue weighted by molar-refractivity contribution is 5.69. The van der Waals surface area contributed by atoms with Crippen LogP contribution in [0.15, 0.2) is 12.3 Å². The van der Waals surface area contributed by atoms with Gasteiger partial charge in [-0.05, 0) is 0 Å². The van der Waals surface area contributed by atoms with Crippen molar-refractivity contribution in [2.24, 2.45) is 5.73 Å². The second-order valence-electron chi connectivity index (χ2n) is 3.25. The van der Waals surface area contributed by atoms with Crippen LogP contribution in [0.4, 0.5) is 11.5 Å². The van der Waals surface area contributed by atoms with Crippen LogP contribution in [0.1, 0.15) is 0 Å². The van der Waals surface area contributed by atoms with Gasteiger partial charge in [0.05, 0.1) is 13.7 Å². The minimum absolute atomic E-state index is 0.0261. The predicted octanol–water partition coefficient (Wildman–Crippen LogP) is -0.570. The molecule has 0 saturated heterocycles. The third kappa shape index (κ3) is 2.74. The van der Waals surface area contributed by atoms with Crippen molar-refractivity contribution in [2.75, 3.05) is 44.0 Å². The number of nitrogens with zero attached hydrogens (tertiary/aromatic N) is 2. The fraction of sp³-hybridized carbons (Fsp3) is 0.500.